The molecule has 0 saturated carbocycles. The van der Waals surface area contributed by atoms with Crippen LogP contribution >= 0.6 is 24.4 Å². The van der Waals surface area contributed by atoms with Gasteiger partial charge in [0.2, 0.25) is 0 Å². The minimum atomic E-state index is 0.918. The number of piperidine rings is 1. The number of hydrogen-bond donors (Lipinski definition) is 0. The van der Waals surface area contributed by atoms with Crippen LogP contribution in [0.2, 0.25) is 0 Å². The lowest BCUT2D eigenvalue weighted by Gasteiger charge is -2.29. The fourth-order valence-electron chi connectivity index (χ4n) is 1.27. The molecule has 1 aliphatic rings. The van der Waals surface area contributed by atoms with E-state index in [-0.39, 0.29) is 0 Å². The van der Waals surface area contributed by atoms with Crippen LogP contribution < -0.4 is 0 Å². The van der Waals surface area contributed by atoms with E-state index in [1.807, 2.05) is 6.08 Å². The molecule has 0 unspecified atom stereocenters. The van der Waals surface area contributed by atoms with Crippen LogP contribution in [0.3, 0.4) is 0 Å². The van der Waals surface area contributed by atoms with Gasteiger partial charge in [-0.25, -0.2) is 0 Å². The molecule has 0 aromatic carbocycles. The van der Waals surface area contributed by atoms with Gasteiger partial charge in [0.25, 0.3) is 0 Å². The van der Waals surface area contributed by atoms with Crippen LogP contribution in [0.4, 0.5) is 0 Å². The van der Waals surface area contributed by atoms with E-state index < -0.39 is 0 Å². The largest absolute Gasteiger partial charge is 0.330 e. The zero-order valence-corrected chi connectivity index (χ0v) is 8.72. The normalized spacial score (nSPS) is 18.2. The minimum absolute atomic E-state index is 0.918. The third kappa shape index (κ3) is 2.35. The maximum Gasteiger partial charge on any atom is 0.0827 e. The molecule has 0 radical (unpaired) electrons. The summed E-state index contributed by atoms with van der Waals surface area (Å²) in [5, 5.41) is 0. The lowest BCUT2D eigenvalue weighted by Crippen LogP contribution is -2.38. The Morgan fingerprint density at radius 1 is 1.33 bits per heavy atom. The standard InChI is InChI=1S/C9H13NS2/c1-2-3-7-10-8(11)5-4-6-9(10)12/h2H,1,3-7H2. The highest BCUT2D eigenvalue weighted by atomic mass is 32.1. The van der Waals surface area contributed by atoms with Crippen molar-refractivity contribution in [3.05, 3.63) is 12.7 Å². The first kappa shape index (κ1) is 9.81. The molecule has 0 aromatic heterocycles. The summed E-state index contributed by atoms with van der Waals surface area (Å²) in [6.45, 7) is 4.60. The number of hydrogen-bond acceptors (Lipinski definition) is 2. The van der Waals surface area contributed by atoms with E-state index in [9.17, 15) is 0 Å². The lowest BCUT2D eigenvalue weighted by molar-refractivity contribution is 0.575. The fourth-order valence-corrected chi connectivity index (χ4v) is 2.02. The second-order valence-corrected chi connectivity index (χ2v) is 3.81. The Bertz CT molecular complexity index is 195. The van der Waals surface area contributed by atoms with Crippen molar-refractivity contribution in [2.45, 2.75) is 25.7 Å². The maximum atomic E-state index is 5.22. The SMILES string of the molecule is C=CCCN1C(=S)CCCC1=S. The number of rotatable bonds is 3. The van der Waals surface area contributed by atoms with Gasteiger partial charge >= 0.3 is 0 Å². The Hall–Kier alpha value is -0.280. The molecule has 0 aliphatic carbocycles. The average molecular weight is 199 g/mol. The molecule has 0 aromatic rings. The van der Waals surface area contributed by atoms with Crippen LogP contribution in [0, 0.1) is 0 Å². The summed E-state index contributed by atoms with van der Waals surface area (Å²) in [7, 11) is 0. The monoisotopic (exact) mass is 199 g/mol. The molecule has 12 heavy (non-hydrogen) atoms. The van der Waals surface area contributed by atoms with Gasteiger partial charge in [0, 0.05) is 6.54 Å². The first-order chi connectivity index (χ1) is 5.75. The van der Waals surface area contributed by atoms with Gasteiger partial charge in [-0.15, -0.1) is 6.58 Å². The molecule has 1 aliphatic heterocycles. The minimum Gasteiger partial charge on any atom is -0.330 e. The van der Waals surface area contributed by atoms with Crippen molar-refractivity contribution >= 4 is 34.4 Å². The number of likely N-dealkylation sites (tertiary alicyclic amines) is 1. The fraction of sp³-hybridized carbons (Fsp3) is 0.556. The molecule has 1 rings (SSSR count). The molecule has 1 saturated heterocycles. The van der Waals surface area contributed by atoms with E-state index in [4.69, 9.17) is 24.4 Å². The van der Waals surface area contributed by atoms with Gasteiger partial charge in [-0.3, -0.25) is 0 Å². The first-order valence-electron chi connectivity index (χ1n) is 4.20. The first-order valence-corrected chi connectivity index (χ1v) is 5.01. The Labute approximate surface area is 84.4 Å². The van der Waals surface area contributed by atoms with Crippen molar-refractivity contribution in [2.75, 3.05) is 6.54 Å². The summed E-state index contributed by atoms with van der Waals surface area (Å²) in [6.07, 6.45) is 6.03. The van der Waals surface area contributed by atoms with Crippen molar-refractivity contribution in [1.82, 2.24) is 4.90 Å². The summed E-state index contributed by atoms with van der Waals surface area (Å²) in [6, 6.07) is 0. The molecular weight excluding hydrogens is 186 g/mol. The maximum absolute atomic E-state index is 5.22. The molecule has 66 valence electrons. The predicted molar refractivity (Wildman–Crippen MR) is 60.6 cm³/mol. The highest BCUT2D eigenvalue weighted by Gasteiger charge is 2.18. The van der Waals surface area contributed by atoms with Crippen LogP contribution in [-0.4, -0.2) is 21.4 Å². The second kappa shape index (κ2) is 4.67. The second-order valence-electron chi connectivity index (χ2n) is 2.87. The average Bonchev–Trinajstić information content (AvgIpc) is 2.04. The van der Waals surface area contributed by atoms with Crippen molar-refractivity contribution in [1.29, 1.82) is 0 Å². The summed E-state index contributed by atoms with van der Waals surface area (Å²) < 4.78 is 0. The van der Waals surface area contributed by atoms with Crippen LogP contribution in [0.5, 0.6) is 0 Å². The highest BCUT2D eigenvalue weighted by Crippen LogP contribution is 2.15. The molecule has 1 heterocycles. The Balaban J connectivity index is 2.51. The topological polar surface area (TPSA) is 3.24 Å². The molecule has 0 spiro atoms. The van der Waals surface area contributed by atoms with Gasteiger partial charge in [0.15, 0.2) is 0 Å². The smallest absolute Gasteiger partial charge is 0.0827 e. The molecule has 1 nitrogen and oxygen atoms in total. The van der Waals surface area contributed by atoms with E-state index >= 15 is 0 Å². The van der Waals surface area contributed by atoms with Crippen LogP contribution in [-0.2, 0) is 0 Å². The number of nitrogens with zero attached hydrogens (tertiary/aromatic N) is 1. The molecule has 3 heteroatoms. The van der Waals surface area contributed by atoms with Crippen molar-refractivity contribution in [3.8, 4) is 0 Å². The van der Waals surface area contributed by atoms with Crippen molar-refractivity contribution < 1.29 is 0 Å². The third-order valence-electron chi connectivity index (χ3n) is 1.94. The lowest BCUT2D eigenvalue weighted by atomic mass is 10.1. The van der Waals surface area contributed by atoms with Crippen LogP contribution in [0.15, 0.2) is 12.7 Å². The van der Waals surface area contributed by atoms with E-state index in [0.29, 0.717) is 0 Å². The Kier molecular flexibility index (Phi) is 3.82. The van der Waals surface area contributed by atoms with Crippen LogP contribution in [0.1, 0.15) is 25.7 Å². The van der Waals surface area contributed by atoms with E-state index in [2.05, 4.69) is 11.5 Å². The van der Waals surface area contributed by atoms with Gasteiger partial charge in [-0.1, -0.05) is 30.5 Å². The molecule has 1 fully saturated rings. The van der Waals surface area contributed by atoms with Gasteiger partial charge in [0.1, 0.15) is 0 Å². The third-order valence-corrected chi connectivity index (χ3v) is 2.79. The number of thiocarbonyl (C=S) groups is 2. The van der Waals surface area contributed by atoms with E-state index in [0.717, 1.165) is 42.2 Å². The molecule has 0 N–H and O–H groups in total. The van der Waals surface area contributed by atoms with Gasteiger partial charge in [-0.2, -0.15) is 0 Å². The molecule has 0 atom stereocenters. The summed E-state index contributed by atoms with van der Waals surface area (Å²) in [5.41, 5.74) is 0. The zero-order valence-electron chi connectivity index (χ0n) is 7.08. The van der Waals surface area contributed by atoms with E-state index in [1.165, 1.54) is 0 Å². The molecule has 0 bridgehead atoms. The summed E-state index contributed by atoms with van der Waals surface area (Å²) >= 11 is 10.4. The highest BCUT2D eigenvalue weighted by molar-refractivity contribution is 7.81. The van der Waals surface area contributed by atoms with Gasteiger partial charge in [-0.05, 0) is 25.7 Å². The van der Waals surface area contributed by atoms with Gasteiger partial charge in [0.05, 0.1) is 9.98 Å². The molecular formula is C9H13NS2. The van der Waals surface area contributed by atoms with E-state index in [1.54, 1.807) is 0 Å². The molecule has 0 amide bonds. The zero-order chi connectivity index (χ0) is 8.97. The predicted octanol–water partition coefficient (Wildman–Crippen LogP) is 2.70. The Morgan fingerprint density at radius 3 is 2.42 bits per heavy atom. The van der Waals surface area contributed by atoms with Crippen molar-refractivity contribution in [3.63, 3.8) is 0 Å². The summed E-state index contributed by atoms with van der Waals surface area (Å²) in [5.74, 6) is 0. The quantitative estimate of drug-likeness (QED) is 0.508. The van der Waals surface area contributed by atoms with Crippen molar-refractivity contribution in [2.24, 2.45) is 0 Å². The summed E-state index contributed by atoms with van der Waals surface area (Å²) in [4.78, 5) is 4.09. The Morgan fingerprint density at radius 2 is 1.92 bits per heavy atom. The van der Waals surface area contributed by atoms with Gasteiger partial charge < -0.3 is 4.90 Å². The van der Waals surface area contributed by atoms with Crippen LogP contribution in [0.25, 0.3) is 0 Å².